The number of aromatic carboxylic acids is 1. The van der Waals surface area contributed by atoms with Gasteiger partial charge in [0.1, 0.15) is 0 Å². The number of carbonyl (C=O) groups is 2. The van der Waals surface area contributed by atoms with Crippen LogP contribution >= 0.6 is 11.6 Å². The highest BCUT2D eigenvalue weighted by Gasteiger charge is 2.15. The third kappa shape index (κ3) is 4.53. The molecule has 5 nitrogen and oxygen atoms in total. The minimum atomic E-state index is -1.16. The Kier molecular flexibility index (Phi) is 6.01. The number of carbonyl (C=O) groups excluding carboxylic acids is 1. The first-order chi connectivity index (χ1) is 15.4. The van der Waals surface area contributed by atoms with E-state index in [2.05, 4.69) is 10.3 Å². The highest BCUT2D eigenvalue weighted by atomic mass is 35.5. The van der Waals surface area contributed by atoms with Crippen molar-refractivity contribution in [3.8, 4) is 11.1 Å². The van der Waals surface area contributed by atoms with Crippen molar-refractivity contribution >= 4 is 46.1 Å². The molecule has 0 saturated heterocycles. The van der Waals surface area contributed by atoms with E-state index < -0.39 is 11.9 Å². The molecule has 0 aliphatic carbocycles. The summed E-state index contributed by atoms with van der Waals surface area (Å²) in [6.07, 6.45) is 4.83. The van der Waals surface area contributed by atoms with Gasteiger partial charge in [-0.2, -0.15) is 0 Å². The Morgan fingerprint density at radius 3 is 2.62 bits per heavy atom. The zero-order valence-corrected chi connectivity index (χ0v) is 17.9. The minimum Gasteiger partial charge on any atom is -0.478 e. The summed E-state index contributed by atoms with van der Waals surface area (Å²) in [4.78, 5) is 28.5. The van der Waals surface area contributed by atoms with Gasteiger partial charge in [-0.1, -0.05) is 54.1 Å². The lowest BCUT2D eigenvalue weighted by Gasteiger charge is -2.11. The predicted molar refractivity (Wildman–Crippen MR) is 128 cm³/mol. The van der Waals surface area contributed by atoms with E-state index in [1.807, 2.05) is 54.6 Å². The number of para-hydroxylation sites is 1. The Bertz CT molecular complexity index is 1370. The van der Waals surface area contributed by atoms with Gasteiger partial charge in [-0.25, -0.2) is 4.79 Å². The fourth-order valence-corrected chi connectivity index (χ4v) is 3.83. The van der Waals surface area contributed by atoms with Gasteiger partial charge in [-0.15, -0.1) is 0 Å². The molecule has 32 heavy (non-hydrogen) atoms. The molecule has 1 heterocycles. The number of hydrogen-bond acceptors (Lipinski definition) is 3. The van der Waals surface area contributed by atoms with Gasteiger partial charge in [0.25, 0.3) is 0 Å². The van der Waals surface area contributed by atoms with Gasteiger partial charge in [0.05, 0.1) is 16.8 Å². The van der Waals surface area contributed by atoms with Gasteiger partial charge in [0, 0.05) is 28.2 Å². The molecule has 0 bridgehead atoms. The first kappa shape index (κ1) is 21.3. The van der Waals surface area contributed by atoms with Crippen LogP contribution in [0.1, 0.15) is 21.5 Å². The molecule has 158 valence electrons. The average Bonchev–Trinajstić information content (AvgIpc) is 2.79. The molecule has 2 N–H and O–H groups in total. The second-order valence-electron chi connectivity index (χ2n) is 7.28. The van der Waals surface area contributed by atoms with Crippen LogP contribution in [-0.2, 0) is 4.79 Å². The van der Waals surface area contributed by atoms with Crippen LogP contribution in [0.2, 0.25) is 5.02 Å². The summed E-state index contributed by atoms with van der Waals surface area (Å²) < 4.78 is 0. The van der Waals surface area contributed by atoms with Crippen molar-refractivity contribution < 1.29 is 14.7 Å². The fourth-order valence-electron chi connectivity index (χ4n) is 3.56. The molecule has 0 unspecified atom stereocenters. The number of benzene rings is 3. The Morgan fingerprint density at radius 2 is 1.81 bits per heavy atom. The van der Waals surface area contributed by atoms with Crippen LogP contribution < -0.4 is 5.32 Å². The van der Waals surface area contributed by atoms with E-state index in [1.165, 1.54) is 12.1 Å². The van der Waals surface area contributed by atoms with Crippen LogP contribution in [0.3, 0.4) is 0 Å². The molecule has 1 amide bonds. The molecule has 0 aliphatic heterocycles. The molecule has 1 aromatic heterocycles. The lowest BCUT2D eigenvalue weighted by molar-refractivity contribution is -0.111. The zero-order chi connectivity index (χ0) is 22.7. The van der Waals surface area contributed by atoms with Crippen molar-refractivity contribution in [2.75, 3.05) is 5.32 Å². The number of carboxylic acids is 1. The number of fused-ring (bicyclic) bond motifs is 1. The smallest absolute Gasteiger partial charge is 0.337 e. The number of halogens is 1. The van der Waals surface area contributed by atoms with Crippen molar-refractivity contribution in [2.24, 2.45) is 0 Å². The van der Waals surface area contributed by atoms with Crippen molar-refractivity contribution in [1.82, 2.24) is 4.98 Å². The quantitative estimate of drug-likeness (QED) is 0.360. The van der Waals surface area contributed by atoms with Gasteiger partial charge in [-0.05, 0) is 54.0 Å². The van der Waals surface area contributed by atoms with Crippen LogP contribution in [0.5, 0.6) is 0 Å². The predicted octanol–water partition coefficient (Wildman–Crippen LogP) is 6.21. The number of aryl methyl sites for hydroxylation is 1. The molecule has 0 saturated carbocycles. The van der Waals surface area contributed by atoms with E-state index in [-0.39, 0.29) is 11.3 Å². The number of nitrogens with zero attached hydrogens (tertiary/aromatic N) is 1. The monoisotopic (exact) mass is 442 g/mol. The van der Waals surface area contributed by atoms with Crippen LogP contribution in [0.25, 0.3) is 28.1 Å². The topological polar surface area (TPSA) is 79.3 Å². The lowest BCUT2D eigenvalue weighted by Crippen LogP contribution is -2.13. The standard InChI is InChI=1S/C26H19ClN2O3/c1-16-13-20(27)15-22(26(31)32)24(16)29-23(30)11-10-17-5-2-7-19(14-17)21-9-3-6-18-8-4-12-28-25(18)21/h2-15H,1H3,(H,29,30)(H,31,32)/b11-10+. The Labute approximate surface area is 190 Å². The molecule has 0 atom stereocenters. The number of amides is 1. The summed E-state index contributed by atoms with van der Waals surface area (Å²) >= 11 is 5.95. The fraction of sp³-hybridized carbons (Fsp3) is 0.0385. The Balaban J connectivity index is 1.59. The minimum absolute atomic E-state index is 0.0535. The van der Waals surface area contributed by atoms with E-state index in [0.29, 0.717) is 10.6 Å². The number of rotatable bonds is 5. The molecule has 0 aliphatic rings. The van der Waals surface area contributed by atoms with Crippen LogP contribution in [0, 0.1) is 6.92 Å². The largest absolute Gasteiger partial charge is 0.478 e. The highest BCUT2D eigenvalue weighted by molar-refractivity contribution is 6.31. The van der Waals surface area contributed by atoms with Crippen molar-refractivity contribution in [3.63, 3.8) is 0 Å². The summed E-state index contributed by atoms with van der Waals surface area (Å²) in [6, 6.07) is 20.7. The SMILES string of the molecule is Cc1cc(Cl)cc(C(=O)O)c1NC(=O)/C=C/c1cccc(-c2cccc3cccnc23)c1. The molecule has 0 radical (unpaired) electrons. The number of nitrogens with one attached hydrogen (secondary N) is 1. The average molecular weight is 443 g/mol. The molecule has 0 fully saturated rings. The van der Waals surface area contributed by atoms with Gasteiger partial charge in [0.2, 0.25) is 5.91 Å². The maximum atomic E-state index is 12.5. The number of carboxylic acid groups (broad SMARTS) is 1. The summed E-state index contributed by atoms with van der Waals surface area (Å²) in [7, 11) is 0. The number of aromatic nitrogens is 1. The highest BCUT2D eigenvalue weighted by Crippen LogP contribution is 2.28. The van der Waals surface area contributed by atoms with E-state index in [9.17, 15) is 14.7 Å². The first-order valence-corrected chi connectivity index (χ1v) is 10.3. The molecule has 4 rings (SSSR count). The number of hydrogen-bond donors (Lipinski definition) is 2. The number of anilines is 1. The van der Waals surface area contributed by atoms with Crippen LogP contribution in [0.15, 0.2) is 79.0 Å². The van der Waals surface area contributed by atoms with Crippen LogP contribution in [0.4, 0.5) is 5.69 Å². The Morgan fingerprint density at radius 1 is 1.03 bits per heavy atom. The maximum Gasteiger partial charge on any atom is 0.337 e. The van der Waals surface area contributed by atoms with Gasteiger partial charge < -0.3 is 10.4 Å². The van der Waals surface area contributed by atoms with E-state index in [1.54, 1.807) is 25.3 Å². The van der Waals surface area contributed by atoms with Crippen molar-refractivity contribution in [2.45, 2.75) is 6.92 Å². The second-order valence-corrected chi connectivity index (χ2v) is 7.72. The third-order valence-corrected chi connectivity index (χ3v) is 5.25. The first-order valence-electron chi connectivity index (χ1n) is 9.89. The maximum absolute atomic E-state index is 12.5. The van der Waals surface area contributed by atoms with Crippen molar-refractivity contribution in [3.05, 3.63) is 101 Å². The van der Waals surface area contributed by atoms with Gasteiger partial charge in [0.15, 0.2) is 0 Å². The Hall–Kier alpha value is -3.96. The van der Waals surface area contributed by atoms with Crippen molar-refractivity contribution in [1.29, 1.82) is 0 Å². The molecule has 3 aromatic carbocycles. The van der Waals surface area contributed by atoms with Gasteiger partial charge in [-0.3, -0.25) is 9.78 Å². The summed E-state index contributed by atoms with van der Waals surface area (Å²) in [5, 5.41) is 13.4. The van der Waals surface area contributed by atoms with E-state index in [0.717, 1.165) is 27.6 Å². The number of pyridine rings is 1. The lowest BCUT2D eigenvalue weighted by atomic mass is 10.00. The van der Waals surface area contributed by atoms with Crippen LogP contribution in [-0.4, -0.2) is 22.0 Å². The zero-order valence-electron chi connectivity index (χ0n) is 17.2. The van der Waals surface area contributed by atoms with E-state index in [4.69, 9.17) is 11.6 Å². The molecule has 0 spiro atoms. The summed E-state index contributed by atoms with van der Waals surface area (Å²) in [5.41, 5.74) is 4.48. The van der Waals surface area contributed by atoms with E-state index >= 15 is 0 Å². The third-order valence-electron chi connectivity index (χ3n) is 5.04. The molecule has 6 heteroatoms. The normalized spacial score (nSPS) is 11.1. The summed E-state index contributed by atoms with van der Waals surface area (Å²) in [6.45, 7) is 1.69. The second kappa shape index (κ2) is 9.04. The molecule has 4 aromatic rings. The summed E-state index contributed by atoms with van der Waals surface area (Å²) in [5.74, 6) is -1.60. The molecular weight excluding hydrogens is 424 g/mol. The molecular formula is C26H19ClN2O3. The van der Waals surface area contributed by atoms with Gasteiger partial charge >= 0.3 is 5.97 Å².